The van der Waals surface area contributed by atoms with Crippen LogP contribution in [0, 0.1) is 0 Å². The molecule has 1 aromatic carbocycles. The molecule has 4 rings (SSSR count). The van der Waals surface area contributed by atoms with Gasteiger partial charge in [-0.05, 0) is 44.0 Å². The molecule has 1 amide bonds. The van der Waals surface area contributed by atoms with E-state index in [1.807, 2.05) is 18.2 Å². The van der Waals surface area contributed by atoms with Crippen molar-refractivity contribution >= 4 is 55.4 Å². The first-order valence-electron chi connectivity index (χ1n) is 8.65. The first kappa shape index (κ1) is 17.9. The molecule has 7 heteroatoms. The third-order valence-electron chi connectivity index (χ3n) is 4.67. The van der Waals surface area contributed by atoms with Gasteiger partial charge in [0.1, 0.15) is 10.0 Å². The van der Waals surface area contributed by atoms with Gasteiger partial charge in [0.15, 0.2) is 0 Å². The van der Waals surface area contributed by atoms with Gasteiger partial charge in [-0.25, -0.2) is 4.98 Å². The maximum Gasteiger partial charge on any atom is 0.221 e. The largest absolute Gasteiger partial charge is 0.317 e. The number of nitrogens with zero attached hydrogens (tertiary/aromatic N) is 2. The summed E-state index contributed by atoms with van der Waals surface area (Å²) in [6.45, 7) is 7.98. The zero-order valence-corrected chi connectivity index (χ0v) is 17.3. The van der Waals surface area contributed by atoms with Gasteiger partial charge in [0.2, 0.25) is 5.91 Å². The Labute approximate surface area is 165 Å². The summed E-state index contributed by atoms with van der Waals surface area (Å²) in [5, 5.41) is 5.60. The summed E-state index contributed by atoms with van der Waals surface area (Å²) in [5.74, 6) is -0.0466. The van der Waals surface area contributed by atoms with Crippen molar-refractivity contribution in [3.05, 3.63) is 33.7 Å². The number of thiophene rings is 1. The summed E-state index contributed by atoms with van der Waals surface area (Å²) in [4.78, 5) is 20.4. The van der Waals surface area contributed by atoms with E-state index in [0.29, 0.717) is 11.1 Å². The molecule has 2 aromatic heterocycles. The zero-order chi connectivity index (χ0) is 18.4. The molecule has 0 radical (unpaired) electrons. The van der Waals surface area contributed by atoms with Crippen LogP contribution in [0.15, 0.2) is 18.2 Å². The Morgan fingerprint density at radius 3 is 2.88 bits per heavy atom. The first-order chi connectivity index (χ1) is 12.4. The van der Waals surface area contributed by atoms with Gasteiger partial charge in [0.05, 0.1) is 10.2 Å². The van der Waals surface area contributed by atoms with Crippen molar-refractivity contribution in [3.8, 4) is 10.6 Å². The highest BCUT2D eigenvalue weighted by Gasteiger charge is 2.28. The lowest BCUT2D eigenvalue weighted by atomic mass is 10.0. The van der Waals surface area contributed by atoms with Gasteiger partial charge in [-0.2, -0.15) is 0 Å². The molecule has 0 unspecified atom stereocenters. The number of hydrogen-bond acceptors (Lipinski definition) is 5. The lowest BCUT2D eigenvalue weighted by Crippen LogP contribution is -2.35. The highest BCUT2D eigenvalue weighted by atomic mass is 35.5. The molecule has 1 N–H and O–H groups in total. The number of halogens is 1. The van der Waals surface area contributed by atoms with Crippen LogP contribution in [0.4, 0.5) is 5.00 Å². The number of carbonyl (C=O) groups is 1. The molecule has 3 heterocycles. The summed E-state index contributed by atoms with van der Waals surface area (Å²) >= 11 is 9.46. The van der Waals surface area contributed by atoms with E-state index in [1.165, 1.54) is 10.4 Å². The van der Waals surface area contributed by atoms with E-state index in [1.54, 1.807) is 29.6 Å². The summed E-state index contributed by atoms with van der Waals surface area (Å²) in [6, 6.07) is 6.32. The lowest BCUT2D eigenvalue weighted by Gasteiger charge is -2.30. The number of thiazole rings is 1. The highest BCUT2D eigenvalue weighted by molar-refractivity contribution is 7.23. The molecule has 1 aliphatic rings. The standard InChI is InChI=1S/C19H20ClN3OS2/c1-10(2)23-7-6-13-16(9-23)26-18(21-11(3)24)17(13)19-22-14-8-12(20)4-5-15(14)25-19/h4-5,8,10H,6-7,9H2,1-3H3,(H,21,24). The fourth-order valence-electron chi connectivity index (χ4n) is 3.35. The van der Waals surface area contributed by atoms with Crippen molar-refractivity contribution in [2.45, 2.75) is 39.8 Å². The lowest BCUT2D eigenvalue weighted by molar-refractivity contribution is -0.114. The van der Waals surface area contributed by atoms with Crippen LogP contribution in [-0.4, -0.2) is 28.4 Å². The van der Waals surface area contributed by atoms with Gasteiger partial charge in [0.25, 0.3) is 0 Å². The minimum Gasteiger partial charge on any atom is -0.317 e. The molecule has 4 nitrogen and oxygen atoms in total. The van der Waals surface area contributed by atoms with Crippen molar-refractivity contribution < 1.29 is 4.79 Å². The molecule has 3 aromatic rings. The minimum absolute atomic E-state index is 0.0466. The predicted octanol–water partition coefficient (Wildman–Crippen LogP) is 5.40. The van der Waals surface area contributed by atoms with Gasteiger partial charge in [-0.3, -0.25) is 9.69 Å². The number of hydrogen-bond donors (Lipinski definition) is 1. The second kappa shape index (κ2) is 6.93. The van der Waals surface area contributed by atoms with Crippen LogP contribution < -0.4 is 5.32 Å². The minimum atomic E-state index is -0.0466. The van der Waals surface area contributed by atoms with Gasteiger partial charge in [0, 0.05) is 41.5 Å². The van der Waals surface area contributed by atoms with Crippen LogP contribution in [0.2, 0.25) is 5.02 Å². The molecule has 0 fully saturated rings. The number of anilines is 1. The molecule has 0 saturated carbocycles. The fourth-order valence-corrected chi connectivity index (χ4v) is 5.92. The number of fused-ring (bicyclic) bond motifs is 2. The van der Waals surface area contributed by atoms with E-state index in [9.17, 15) is 4.79 Å². The van der Waals surface area contributed by atoms with E-state index in [2.05, 4.69) is 24.1 Å². The monoisotopic (exact) mass is 405 g/mol. The Balaban J connectivity index is 1.84. The quantitative estimate of drug-likeness (QED) is 0.634. The Hall–Kier alpha value is -1.47. The average molecular weight is 406 g/mol. The normalized spacial score (nSPS) is 14.8. The molecule has 0 spiro atoms. The van der Waals surface area contributed by atoms with E-state index < -0.39 is 0 Å². The second-order valence-corrected chi connectivity index (χ2v) is 9.41. The third-order valence-corrected chi connectivity index (χ3v) is 7.09. The predicted molar refractivity (Wildman–Crippen MR) is 111 cm³/mol. The van der Waals surface area contributed by atoms with E-state index in [-0.39, 0.29) is 5.91 Å². The molecular formula is C19H20ClN3OS2. The zero-order valence-electron chi connectivity index (χ0n) is 14.9. The Morgan fingerprint density at radius 1 is 1.35 bits per heavy atom. The van der Waals surface area contributed by atoms with Crippen LogP contribution in [-0.2, 0) is 17.8 Å². The molecule has 0 bridgehead atoms. The molecule has 26 heavy (non-hydrogen) atoms. The van der Waals surface area contributed by atoms with E-state index in [0.717, 1.165) is 45.3 Å². The molecule has 0 aliphatic carbocycles. The van der Waals surface area contributed by atoms with Gasteiger partial charge in [-0.1, -0.05) is 11.6 Å². The number of carbonyl (C=O) groups excluding carboxylic acids is 1. The van der Waals surface area contributed by atoms with Crippen LogP contribution in [0.1, 0.15) is 31.2 Å². The molecule has 0 atom stereocenters. The summed E-state index contributed by atoms with van der Waals surface area (Å²) < 4.78 is 1.11. The smallest absolute Gasteiger partial charge is 0.221 e. The van der Waals surface area contributed by atoms with Crippen LogP contribution in [0.25, 0.3) is 20.8 Å². The van der Waals surface area contributed by atoms with Gasteiger partial charge >= 0.3 is 0 Å². The van der Waals surface area contributed by atoms with Gasteiger partial charge in [-0.15, -0.1) is 22.7 Å². The number of benzene rings is 1. The van der Waals surface area contributed by atoms with Crippen molar-refractivity contribution in [1.29, 1.82) is 0 Å². The summed E-state index contributed by atoms with van der Waals surface area (Å²) in [5.41, 5.74) is 3.34. The highest BCUT2D eigenvalue weighted by Crippen LogP contribution is 2.46. The third kappa shape index (κ3) is 3.27. The Morgan fingerprint density at radius 2 is 2.15 bits per heavy atom. The Bertz CT molecular complexity index is 992. The summed E-state index contributed by atoms with van der Waals surface area (Å²) in [6.07, 6.45) is 0.982. The Kier molecular flexibility index (Phi) is 4.77. The van der Waals surface area contributed by atoms with Crippen LogP contribution in [0.3, 0.4) is 0 Å². The SMILES string of the molecule is CC(=O)Nc1sc2c(c1-c1nc3cc(Cl)ccc3s1)CCN(C(C)C)C2. The topological polar surface area (TPSA) is 45.2 Å². The number of aromatic nitrogens is 1. The average Bonchev–Trinajstić information content (AvgIpc) is 3.12. The van der Waals surface area contributed by atoms with Crippen LogP contribution >= 0.6 is 34.3 Å². The molecule has 0 saturated heterocycles. The van der Waals surface area contributed by atoms with Gasteiger partial charge < -0.3 is 5.32 Å². The number of nitrogens with one attached hydrogen (secondary N) is 1. The number of rotatable bonds is 3. The maximum atomic E-state index is 11.7. The van der Waals surface area contributed by atoms with Crippen LogP contribution in [0.5, 0.6) is 0 Å². The van der Waals surface area contributed by atoms with E-state index in [4.69, 9.17) is 16.6 Å². The fraction of sp³-hybridized carbons (Fsp3) is 0.368. The molecular weight excluding hydrogens is 386 g/mol. The van der Waals surface area contributed by atoms with Crippen molar-refractivity contribution in [3.63, 3.8) is 0 Å². The number of amides is 1. The molecule has 136 valence electrons. The van der Waals surface area contributed by atoms with Crippen molar-refractivity contribution in [2.24, 2.45) is 0 Å². The summed E-state index contributed by atoms with van der Waals surface area (Å²) in [7, 11) is 0. The van der Waals surface area contributed by atoms with E-state index >= 15 is 0 Å². The maximum absolute atomic E-state index is 11.7. The molecule has 1 aliphatic heterocycles. The van der Waals surface area contributed by atoms with Crippen molar-refractivity contribution in [2.75, 3.05) is 11.9 Å². The second-order valence-electron chi connectivity index (χ2n) is 6.83. The van der Waals surface area contributed by atoms with Crippen molar-refractivity contribution in [1.82, 2.24) is 9.88 Å². The first-order valence-corrected chi connectivity index (χ1v) is 10.7.